The molecule has 0 spiro atoms. The van der Waals surface area contributed by atoms with Crippen LogP contribution in [0.1, 0.15) is 80.6 Å². The number of ether oxygens (including phenoxy) is 1. The van der Waals surface area contributed by atoms with Crippen molar-refractivity contribution in [3.8, 4) is 0 Å². The summed E-state index contributed by atoms with van der Waals surface area (Å²) in [5.41, 5.74) is 7.48. The Labute approximate surface area is 354 Å². The molecule has 0 radical (unpaired) electrons. The third-order valence-corrected chi connectivity index (χ3v) is 11.9. The van der Waals surface area contributed by atoms with Crippen LogP contribution in [0.15, 0.2) is 143 Å². The van der Waals surface area contributed by atoms with E-state index >= 15 is 0 Å². The van der Waals surface area contributed by atoms with Gasteiger partial charge in [0.25, 0.3) is 17.0 Å². The van der Waals surface area contributed by atoms with Crippen molar-refractivity contribution in [1.82, 2.24) is 19.6 Å². The Kier molecular flexibility index (Phi) is 11.5. The quantitative estimate of drug-likeness (QED) is 0.100. The molecule has 0 aliphatic carbocycles. The number of pyridine rings is 2. The Morgan fingerprint density at radius 1 is 0.623 bits per heavy atom. The normalized spacial score (nSPS) is 11.8. The number of rotatable bonds is 12. The van der Waals surface area contributed by atoms with Crippen molar-refractivity contribution in [2.45, 2.75) is 46.2 Å². The fourth-order valence-corrected chi connectivity index (χ4v) is 8.33. The highest BCUT2D eigenvalue weighted by Gasteiger charge is 2.23. The minimum Gasteiger partial charge on any atom is -0.386 e. The van der Waals surface area contributed by atoms with Crippen molar-refractivity contribution in [2.24, 2.45) is 0 Å². The summed E-state index contributed by atoms with van der Waals surface area (Å²) < 4.78 is 8.24. The molecule has 0 fully saturated rings. The molecule has 8 rings (SSSR count). The number of esters is 2. The smallest absolute Gasteiger partial charge is 0.346 e. The van der Waals surface area contributed by atoms with Crippen molar-refractivity contribution in [3.05, 3.63) is 220 Å². The van der Waals surface area contributed by atoms with Gasteiger partial charge in [-0.2, -0.15) is 0 Å². The standard InChI is InChI=1S/C49H40N4O7S/c1-30-21-38(45(56)52-28-40(25-41(30)52)43(54)50-26-34-9-5-3-6-10-34)23-32-13-17-36(18-14-32)48(58)60-49(59)37-19-15-33(16-20-37)24-39-22-31(2)47-53(46(39)57)29-42(61-47)44(55)51-27-35-11-7-4-8-12-35/h3-22,28-29H,23-27H2,1-2H3,(H,50,54)(H,51,55). The molecular weight excluding hydrogens is 789 g/mol. The van der Waals surface area contributed by atoms with E-state index in [2.05, 4.69) is 10.6 Å². The van der Waals surface area contributed by atoms with E-state index in [4.69, 9.17) is 4.74 Å². The highest BCUT2D eigenvalue weighted by molar-refractivity contribution is 7.19. The third kappa shape index (κ3) is 8.94. The molecular formula is C49H40N4O7S. The van der Waals surface area contributed by atoms with E-state index in [0.717, 1.165) is 39.1 Å². The van der Waals surface area contributed by atoms with Crippen molar-refractivity contribution in [1.29, 1.82) is 0 Å². The number of aromatic nitrogens is 2. The summed E-state index contributed by atoms with van der Waals surface area (Å²) in [7, 11) is 0. The van der Waals surface area contributed by atoms with Crippen LogP contribution < -0.4 is 21.8 Å². The molecule has 1 aliphatic rings. The largest absolute Gasteiger partial charge is 0.386 e. The summed E-state index contributed by atoms with van der Waals surface area (Å²) in [6.45, 7) is 4.57. The summed E-state index contributed by atoms with van der Waals surface area (Å²) in [5.74, 6) is -2.12. The number of carbonyl (C=O) groups is 4. The van der Waals surface area contributed by atoms with Crippen LogP contribution in [-0.2, 0) is 41.9 Å². The average molecular weight is 829 g/mol. The summed E-state index contributed by atoms with van der Waals surface area (Å²) >= 11 is 1.26. The van der Waals surface area contributed by atoms with Gasteiger partial charge in [0.15, 0.2) is 0 Å². The second-order valence-electron chi connectivity index (χ2n) is 15.0. The van der Waals surface area contributed by atoms with Crippen LogP contribution in [0.5, 0.6) is 0 Å². The van der Waals surface area contributed by atoms with Crippen molar-refractivity contribution in [2.75, 3.05) is 0 Å². The lowest BCUT2D eigenvalue weighted by Crippen LogP contribution is -2.24. The Morgan fingerprint density at radius 2 is 1.13 bits per heavy atom. The zero-order valence-electron chi connectivity index (χ0n) is 33.4. The van der Waals surface area contributed by atoms with E-state index < -0.39 is 11.9 Å². The molecule has 61 heavy (non-hydrogen) atoms. The van der Waals surface area contributed by atoms with Crippen LogP contribution in [0.2, 0.25) is 0 Å². The lowest BCUT2D eigenvalue weighted by molar-refractivity contribution is -0.117. The monoisotopic (exact) mass is 828 g/mol. The number of nitrogens with zero attached hydrogens (tertiary/aromatic N) is 2. The van der Waals surface area contributed by atoms with Gasteiger partial charge in [-0.05, 0) is 83.6 Å². The topological polar surface area (TPSA) is 145 Å². The van der Waals surface area contributed by atoms with Gasteiger partial charge in [-0.3, -0.25) is 28.1 Å². The van der Waals surface area contributed by atoms with Gasteiger partial charge in [-0.1, -0.05) is 84.9 Å². The molecule has 304 valence electrons. The molecule has 2 amide bonds. The van der Waals surface area contributed by atoms with Crippen molar-refractivity contribution < 1.29 is 23.9 Å². The molecule has 12 heteroatoms. The molecule has 0 unspecified atom stereocenters. The number of fused-ring (bicyclic) bond motifs is 2. The average Bonchev–Trinajstić information content (AvgIpc) is 3.95. The Bertz CT molecular complexity index is 2980. The maximum atomic E-state index is 13.5. The summed E-state index contributed by atoms with van der Waals surface area (Å²) in [4.78, 5) is 79.9. The maximum Gasteiger partial charge on any atom is 0.346 e. The Morgan fingerprint density at radius 3 is 1.69 bits per heavy atom. The molecule has 7 aromatic rings. The number of nitrogens with one attached hydrogen (secondary N) is 2. The van der Waals surface area contributed by atoms with Gasteiger partial charge < -0.3 is 15.4 Å². The molecule has 4 heterocycles. The molecule has 2 N–H and O–H groups in total. The number of thiazole rings is 1. The van der Waals surface area contributed by atoms with E-state index in [9.17, 15) is 28.8 Å². The van der Waals surface area contributed by atoms with Gasteiger partial charge in [-0.15, -0.1) is 11.3 Å². The molecule has 11 nitrogen and oxygen atoms in total. The van der Waals surface area contributed by atoms with Gasteiger partial charge in [0.05, 0.1) is 11.1 Å². The number of hydrogen-bond donors (Lipinski definition) is 2. The van der Waals surface area contributed by atoms with E-state index in [1.54, 1.807) is 65.5 Å². The van der Waals surface area contributed by atoms with Gasteiger partial charge in [-0.25, -0.2) is 9.59 Å². The molecule has 0 saturated heterocycles. The molecule has 3 aromatic heterocycles. The first-order valence-electron chi connectivity index (χ1n) is 19.7. The SMILES string of the molecule is Cc1cc(Cc2ccc(C(=O)OC(=O)c3ccc(Cc4cc(C)c5sc(C(=O)NCc6ccccc6)cn5c4=O)cc3)cc2)c(=O)n2c1CC(C(=O)NCc1ccccc1)=C2. The minimum absolute atomic E-state index is 0.166. The maximum absolute atomic E-state index is 13.5. The van der Waals surface area contributed by atoms with Crippen LogP contribution in [0.4, 0.5) is 0 Å². The lowest BCUT2D eigenvalue weighted by atomic mass is 10.0. The number of carbonyl (C=O) groups excluding carboxylic acids is 4. The van der Waals surface area contributed by atoms with Crippen LogP contribution in [0.3, 0.4) is 0 Å². The predicted molar refractivity (Wildman–Crippen MR) is 234 cm³/mol. The van der Waals surface area contributed by atoms with Crippen LogP contribution >= 0.6 is 11.3 Å². The van der Waals surface area contributed by atoms with Crippen molar-refractivity contribution >= 4 is 46.1 Å². The van der Waals surface area contributed by atoms with Gasteiger partial charge >= 0.3 is 11.9 Å². The van der Waals surface area contributed by atoms with Gasteiger partial charge in [0, 0.05) is 67.1 Å². The van der Waals surface area contributed by atoms with Crippen molar-refractivity contribution in [3.63, 3.8) is 0 Å². The zero-order valence-corrected chi connectivity index (χ0v) is 34.2. The fourth-order valence-electron chi connectivity index (χ4n) is 7.35. The molecule has 4 aromatic carbocycles. The second-order valence-corrected chi connectivity index (χ2v) is 16.0. The number of hydrogen-bond acceptors (Lipinski definition) is 8. The number of aryl methyl sites for hydroxylation is 2. The Balaban J connectivity index is 0.869. The van der Waals surface area contributed by atoms with Crippen LogP contribution in [0, 0.1) is 13.8 Å². The first-order chi connectivity index (χ1) is 29.5. The lowest BCUT2D eigenvalue weighted by Gasteiger charge is -2.10. The zero-order chi connectivity index (χ0) is 42.6. The highest BCUT2D eigenvalue weighted by Crippen LogP contribution is 2.24. The van der Waals surface area contributed by atoms with E-state index in [1.807, 2.05) is 86.6 Å². The summed E-state index contributed by atoms with van der Waals surface area (Å²) in [5, 5.41) is 5.84. The van der Waals surface area contributed by atoms with E-state index in [-0.39, 0.29) is 40.5 Å². The van der Waals surface area contributed by atoms with Gasteiger partial charge in [0.2, 0.25) is 5.91 Å². The first-order valence-corrected chi connectivity index (χ1v) is 20.5. The van der Waals surface area contributed by atoms with E-state index in [1.165, 1.54) is 15.7 Å². The predicted octanol–water partition coefficient (Wildman–Crippen LogP) is 6.96. The fraction of sp³-hybridized carbons (Fsp3) is 0.143. The second kappa shape index (κ2) is 17.4. The van der Waals surface area contributed by atoms with Crippen LogP contribution in [0.25, 0.3) is 11.0 Å². The molecule has 0 saturated carbocycles. The molecule has 1 aliphatic heterocycles. The first kappa shape index (κ1) is 40.3. The number of amides is 2. The van der Waals surface area contributed by atoms with E-state index in [0.29, 0.717) is 52.3 Å². The Hall–Kier alpha value is -7.44. The van der Waals surface area contributed by atoms with Crippen LogP contribution in [-0.4, -0.2) is 32.7 Å². The summed E-state index contributed by atoms with van der Waals surface area (Å²) in [6, 6.07) is 35.9. The third-order valence-electron chi connectivity index (χ3n) is 10.6. The highest BCUT2D eigenvalue weighted by atomic mass is 32.1. The summed E-state index contributed by atoms with van der Waals surface area (Å²) in [6.07, 6.45) is 4.12. The minimum atomic E-state index is -0.822. The molecule has 0 atom stereocenters. The molecule has 0 bridgehead atoms. The van der Waals surface area contributed by atoms with Gasteiger partial charge in [0.1, 0.15) is 9.71 Å². The number of benzene rings is 4.